The number of H-pyrrole nitrogens is 1. The van der Waals surface area contributed by atoms with Gasteiger partial charge in [0, 0.05) is 0 Å². The minimum absolute atomic E-state index is 0.290. The molecule has 0 saturated carbocycles. The van der Waals surface area contributed by atoms with Crippen molar-refractivity contribution in [3.05, 3.63) is 38.4 Å². The number of nitrogens with two attached hydrogens (primary N) is 1. The van der Waals surface area contributed by atoms with Crippen LogP contribution in [0.2, 0.25) is 10.0 Å². The summed E-state index contributed by atoms with van der Waals surface area (Å²) in [6, 6.07) is 2.80. The van der Waals surface area contributed by atoms with E-state index in [0.29, 0.717) is 26.8 Å². The Bertz CT molecular complexity index is 607. The van der Waals surface area contributed by atoms with Crippen LogP contribution in [0.3, 0.4) is 0 Å². The first-order valence-corrected chi connectivity index (χ1v) is 5.40. The molecule has 3 N–H and O–H groups in total. The summed E-state index contributed by atoms with van der Waals surface area (Å²) in [7, 11) is 0. The third kappa shape index (κ3) is 1.80. The summed E-state index contributed by atoms with van der Waals surface area (Å²) in [6.45, 7) is 1.72. The number of hydrogen-bond acceptors (Lipinski definition) is 3. The second-order valence-corrected chi connectivity index (χ2v) is 4.31. The predicted octanol–water partition coefficient (Wildman–Crippen LogP) is 2.25. The summed E-state index contributed by atoms with van der Waals surface area (Å²) in [5, 5.41) is 0.996. The van der Waals surface area contributed by atoms with Crippen LogP contribution in [0.15, 0.2) is 16.9 Å². The highest BCUT2D eigenvalue weighted by molar-refractivity contribution is 6.39. The first-order valence-electron chi connectivity index (χ1n) is 4.64. The van der Waals surface area contributed by atoms with E-state index in [2.05, 4.69) is 9.97 Å². The van der Waals surface area contributed by atoms with Crippen LogP contribution in [-0.2, 0) is 0 Å². The monoisotopic (exact) mass is 257 g/mol. The van der Waals surface area contributed by atoms with Gasteiger partial charge in [-0.05, 0) is 19.1 Å². The van der Waals surface area contributed by atoms with Crippen molar-refractivity contribution in [2.24, 2.45) is 5.73 Å². The van der Waals surface area contributed by atoms with Gasteiger partial charge in [-0.15, -0.1) is 0 Å². The molecule has 4 nitrogen and oxygen atoms in total. The molecule has 0 radical (unpaired) electrons. The first-order chi connectivity index (χ1) is 7.50. The molecule has 0 aliphatic heterocycles. The lowest BCUT2D eigenvalue weighted by molar-refractivity contribution is 0.741. The SMILES string of the molecule is CC(N)c1nc2c(Cl)ccc(Cl)c2c(=O)[nH]1. The highest BCUT2D eigenvalue weighted by atomic mass is 35.5. The summed E-state index contributed by atoms with van der Waals surface area (Å²) in [5.41, 5.74) is 5.70. The number of nitrogens with zero attached hydrogens (tertiary/aromatic N) is 1. The first kappa shape index (κ1) is 11.4. The molecule has 16 heavy (non-hydrogen) atoms. The van der Waals surface area contributed by atoms with Gasteiger partial charge in [0.05, 0.1) is 27.0 Å². The minimum atomic E-state index is -0.368. The van der Waals surface area contributed by atoms with Crippen LogP contribution >= 0.6 is 23.2 Å². The molecule has 0 aliphatic rings. The largest absolute Gasteiger partial charge is 0.322 e. The standard InChI is InChI=1S/C10H9Cl2N3O/c1-4(13)9-14-8-6(12)3-2-5(11)7(8)10(16)15-9/h2-4H,13H2,1H3,(H,14,15,16). The number of nitrogens with one attached hydrogen (secondary N) is 1. The second kappa shape index (κ2) is 4.05. The van der Waals surface area contributed by atoms with E-state index in [0.717, 1.165) is 0 Å². The molecule has 1 atom stereocenters. The molecule has 0 saturated heterocycles. The van der Waals surface area contributed by atoms with E-state index in [4.69, 9.17) is 28.9 Å². The van der Waals surface area contributed by atoms with Gasteiger partial charge >= 0.3 is 0 Å². The Hall–Kier alpha value is -1.10. The summed E-state index contributed by atoms with van der Waals surface area (Å²) < 4.78 is 0. The predicted molar refractivity (Wildman–Crippen MR) is 65.0 cm³/mol. The quantitative estimate of drug-likeness (QED) is 0.823. The molecular weight excluding hydrogens is 249 g/mol. The molecule has 1 heterocycles. The summed E-state index contributed by atoms with van der Waals surface area (Å²) in [4.78, 5) is 18.6. The van der Waals surface area contributed by atoms with E-state index >= 15 is 0 Å². The summed E-state index contributed by atoms with van der Waals surface area (Å²) in [5.74, 6) is 0.390. The van der Waals surface area contributed by atoms with Gasteiger partial charge in [0.25, 0.3) is 5.56 Å². The van der Waals surface area contributed by atoms with Crippen molar-refractivity contribution in [1.82, 2.24) is 9.97 Å². The molecule has 1 aromatic heterocycles. The zero-order valence-corrected chi connectivity index (χ0v) is 9.93. The number of fused-ring (bicyclic) bond motifs is 1. The average Bonchev–Trinajstić information content (AvgIpc) is 2.22. The Labute approximate surface area is 101 Å². The van der Waals surface area contributed by atoms with Crippen LogP contribution in [0.1, 0.15) is 18.8 Å². The van der Waals surface area contributed by atoms with Crippen LogP contribution in [-0.4, -0.2) is 9.97 Å². The topological polar surface area (TPSA) is 71.8 Å². The van der Waals surface area contributed by atoms with Crippen LogP contribution < -0.4 is 11.3 Å². The molecule has 6 heteroatoms. The Balaban J connectivity index is 2.92. The maximum Gasteiger partial charge on any atom is 0.260 e. The van der Waals surface area contributed by atoms with E-state index in [-0.39, 0.29) is 11.6 Å². The van der Waals surface area contributed by atoms with Gasteiger partial charge in [0.1, 0.15) is 5.82 Å². The van der Waals surface area contributed by atoms with E-state index < -0.39 is 0 Å². The van der Waals surface area contributed by atoms with Crippen LogP contribution in [0.4, 0.5) is 0 Å². The maximum atomic E-state index is 11.8. The fourth-order valence-electron chi connectivity index (χ4n) is 1.41. The molecule has 2 rings (SSSR count). The number of rotatable bonds is 1. The lowest BCUT2D eigenvalue weighted by Crippen LogP contribution is -2.18. The van der Waals surface area contributed by atoms with E-state index in [1.54, 1.807) is 19.1 Å². The molecule has 0 fully saturated rings. The van der Waals surface area contributed by atoms with Crippen molar-refractivity contribution in [1.29, 1.82) is 0 Å². The smallest absolute Gasteiger partial charge is 0.260 e. The van der Waals surface area contributed by atoms with Crippen molar-refractivity contribution in [2.75, 3.05) is 0 Å². The van der Waals surface area contributed by atoms with Gasteiger partial charge in [-0.1, -0.05) is 23.2 Å². The van der Waals surface area contributed by atoms with Crippen molar-refractivity contribution in [3.63, 3.8) is 0 Å². The molecule has 0 bridgehead atoms. The molecule has 2 aromatic rings. The number of halogens is 2. The molecule has 0 spiro atoms. The number of aromatic amines is 1. The highest BCUT2D eigenvalue weighted by Gasteiger charge is 2.12. The van der Waals surface area contributed by atoms with Gasteiger partial charge in [-0.2, -0.15) is 0 Å². The van der Waals surface area contributed by atoms with Crippen molar-refractivity contribution in [3.8, 4) is 0 Å². The van der Waals surface area contributed by atoms with Gasteiger partial charge in [-0.3, -0.25) is 4.79 Å². The van der Waals surface area contributed by atoms with Crippen molar-refractivity contribution >= 4 is 34.1 Å². The summed E-state index contributed by atoms with van der Waals surface area (Å²) >= 11 is 11.9. The van der Waals surface area contributed by atoms with Gasteiger partial charge < -0.3 is 10.7 Å². The lowest BCUT2D eigenvalue weighted by atomic mass is 10.2. The third-order valence-electron chi connectivity index (χ3n) is 2.21. The fourth-order valence-corrected chi connectivity index (χ4v) is 1.85. The molecule has 0 aliphatic carbocycles. The third-order valence-corrected chi connectivity index (χ3v) is 2.83. The maximum absolute atomic E-state index is 11.8. The molecule has 1 unspecified atom stereocenters. The zero-order chi connectivity index (χ0) is 11.9. The number of hydrogen-bond donors (Lipinski definition) is 2. The van der Waals surface area contributed by atoms with Crippen LogP contribution in [0.5, 0.6) is 0 Å². The number of benzene rings is 1. The molecule has 1 aromatic carbocycles. The normalized spacial score (nSPS) is 13.0. The molecule has 84 valence electrons. The Morgan fingerprint density at radius 1 is 1.38 bits per heavy atom. The fraction of sp³-hybridized carbons (Fsp3) is 0.200. The average molecular weight is 258 g/mol. The van der Waals surface area contributed by atoms with Gasteiger partial charge in [0.2, 0.25) is 0 Å². The van der Waals surface area contributed by atoms with Crippen LogP contribution in [0, 0.1) is 0 Å². The lowest BCUT2D eigenvalue weighted by Gasteiger charge is -2.07. The van der Waals surface area contributed by atoms with E-state index in [1.165, 1.54) is 0 Å². The van der Waals surface area contributed by atoms with Crippen molar-refractivity contribution in [2.45, 2.75) is 13.0 Å². The molecule has 0 amide bonds. The minimum Gasteiger partial charge on any atom is -0.322 e. The Morgan fingerprint density at radius 2 is 2.00 bits per heavy atom. The van der Waals surface area contributed by atoms with Gasteiger partial charge in [0.15, 0.2) is 0 Å². The zero-order valence-electron chi connectivity index (χ0n) is 8.42. The second-order valence-electron chi connectivity index (χ2n) is 3.49. The summed E-state index contributed by atoms with van der Waals surface area (Å²) in [6.07, 6.45) is 0. The highest BCUT2D eigenvalue weighted by Crippen LogP contribution is 2.25. The van der Waals surface area contributed by atoms with Crippen LogP contribution in [0.25, 0.3) is 10.9 Å². The number of aromatic nitrogens is 2. The van der Waals surface area contributed by atoms with E-state index in [1.807, 2.05) is 0 Å². The van der Waals surface area contributed by atoms with Crippen molar-refractivity contribution < 1.29 is 0 Å². The Morgan fingerprint density at radius 3 is 2.62 bits per heavy atom. The van der Waals surface area contributed by atoms with E-state index in [9.17, 15) is 4.79 Å². The molecular formula is C10H9Cl2N3O. The Kier molecular flexibility index (Phi) is 2.88. The van der Waals surface area contributed by atoms with Gasteiger partial charge in [-0.25, -0.2) is 4.98 Å².